The van der Waals surface area contributed by atoms with Crippen LogP contribution in [0.1, 0.15) is 10.6 Å². The molecule has 24 heavy (non-hydrogen) atoms. The lowest BCUT2D eigenvalue weighted by atomic mass is 10.1. The van der Waals surface area contributed by atoms with E-state index in [-0.39, 0.29) is 5.76 Å². The van der Waals surface area contributed by atoms with Gasteiger partial charge in [0.15, 0.2) is 0 Å². The summed E-state index contributed by atoms with van der Waals surface area (Å²) in [4.78, 5) is 16.2. The monoisotopic (exact) mass is 337 g/mol. The highest BCUT2D eigenvalue weighted by atomic mass is 35.5. The Morgan fingerprint density at radius 3 is 2.71 bits per heavy atom. The molecule has 0 bridgehead atoms. The quantitative estimate of drug-likeness (QED) is 0.478. The van der Waals surface area contributed by atoms with Crippen molar-refractivity contribution in [1.82, 2.24) is 4.98 Å². The number of hydrogen-bond acceptors (Lipinski definition) is 4. The van der Waals surface area contributed by atoms with E-state index in [1.807, 2.05) is 48.5 Å². The number of halogens is 1. The Morgan fingerprint density at radius 2 is 1.88 bits per heavy atom. The van der Waals surface area contributed by atoms with Gasteiger partial charge in [-0.3, -0.25) is 0 Å². The number of furan rings is 1. The molecule has 0 fully saturated rings. The number of pyridine rings is 1. The van der Waals surface area contributed by atoms with Gasteiger partial charge >= 0.3 is 5.97 Å². The first-order valence-corrected chi connectivity index (χ1v) is 7.70. The molecule has 0 spiro atoms. The second kappa shape index (κ2) is 5.65. The van der Waals surface area contributed by atoms with E-state index in [2.05, 4.69) is 9.72 Å². The van der Waals surface area contributed by atoms with Crippen molar-refractivity contribution in [2.24, 2.45) is 0 Å². The molecular formula is C19H12ClNO3. The van der Waals surface area contributed by atoms with Crippen LogP contribution in [-0.2, 0) is 4.74 Å². The van der Waals surface area contributed by atoms with E-state index < -0.39 is 5.97 Å². The number of fused-ring (bicyclic) bond motifs is 2. The van der Waals surface area contributed by atoms with Gasteiger partial charge in [0.25, 0.3) is 0 Å². The summed E-state index contributed by atoms with van der Waals surface area (Å²) in [5.41, 5.74) is 3.22. The van der Waals surface area contributed by atoms with Crippen LogP contribution in [0.15, 0.2) is 59.0 Å². The van der Waals surface area contributed by atoms with E-state index in [1.165, 1.54) is 7.11 Å². The predicted molar refractivity (Wildman–Crippen MR) is 93.3 cm³/mol. The minimum atomic E-state index is -0.494. The lowest BCUT2D eigenvalue weighted by Gasteiger charge is -2.04. The Hall–Kier alpha value is -2.85. The summed E-state index contributed by atoms with van der Waals surface area (Å²) in [6, 6.07) is 16.9. The lowest BCUT2D eigenvalue weighted by Crippen LogP contribution is -1.97. The molecule has 4 nitrogen and oxygen atoms in total. The maximum absolute atomic E-state index is 11.6. The minimum Gasteiger partial charge on any atom is -0.463 e. The Balaban J connectivity index is 1.82. The van der Waals surface area contributed by atoms with Gasteiger partial charge in [-0.2, -0.15) is 0 Å². The molecule has 0 saturated heterocycles. The number of methoxy groups -OCH3 is 1. The van der Waals surface area contributed by atoms with Crippen LogP contribution in [0.4, 0.5) is 0 Å². The lowest BCUT2D eigenvalue weighted by molar-refractivity contribution is 0.0567. The highest BCUT2D eigenvalue weighted by molar-refractivity contribution is 6.31. The number of aromatic nitrogens is 1. The van der Waals surface area contributed by atoms with Gasteiger partial charge < -0.3 is 9.15 Å². The van der Waals surface area contributed by atoms with Crippen molar-refractivity contribution in [2.75, 3.05) is 7.11 Å². The molecule has 0 N–H and O–H groups in total. The number of carbonyl (C=O) groups is 1. The van der Waals surface area contributed by atoms with Crippen molar-refractivity contribution in [2.45, 2.75) is 0 Å². The predicted octanol–water partition coefficient (Wildman–Crippen LogP) is 5.09. The second-order valence-electron chi connectivity index (χ2n) is 5.39. The Morgan fingerprint density at radius 1 is 1.04 bits per heavy atom. The summed E-state index contributed by atoms with van der Waals surface area (Å²) in [6.07, 6.45) is 0. The third kappa shape index (κ3) is 2.51. The molecule has 0 atom stereocenters. The first-order chi connectivity index (χ1) is 11.6. The maximum Gasteiger partial charge on any atom is 0.373 e. The molecule has 0 radical (unpaired) electrons. The van der Waals surface area contributed by atoms with Gasteiger partial charge in [0, 0.05) is 21.4 Å². The van der Waals surface area contributed by atoms with Gasteiger partial charge in [0.2, 0.25) is 5.76 Å². The molecule has 0 aliphatic rings. The molecule has 0 aliphatic carbocycles. The molecule has 2 aromatic carbocycles. The number of carbonyl (C=O) groups excluding carboxylic acids is 1. The molecule has 4 rings (SSSR count). The summed E-state index contributed by atoms with van der Waals surface area (Å²) in [6.45, 7) is 0. The van der Waals surface area contributed by atoms with Crippen LogP contribution in [0, 0.1) is 0 Å². The topological polar surface area (TPSA) is 52.3 Å². The zero-order valence-electron chi connectivity index (χ0n) is 12.7. The van der Waals surface area contributed by atoms with Gasteiger partial charge in [-0.05, 0) is 42.5 Å². The first-order valence-electron chi connectivity index (χ1n) is 7.33. The summed E-state index contributed by atoms with van der Waals surface area (Å²) < 4.78 is 10.2. The van der Waals surface area contributed by atoms with E-state index in [4.69, 9.17) is 16.0 Å². The average Bonchev–Trinajstić information content (AvgIpc) is 3.03. The summed E-state index contributed by atoms with van der Waals surface area (Å²) in [5, 5.41) is 2.50. The van der Waals surface area contributed by atoms with Gasteiger partial charge in [-0.1, -0.05) is 23.7 Å². The molecule has 4 aromatic rings. The zero-order valence-corrected chi connectivity index (χ0v) is 13.5. The van der Waals surface area contributed by atoms with Gasteiger partial charge in [-0.25, -0.2) is 9.78 Å². The maximum atomic E-state index is 11.6. The normalized spacial score (nSPS) is 11.1. The SMILES string of the molecule is COC(=O)c1cc2cc(-c3ccc4ccc(Cl)cc4n3)ccc2o1. The van der Waals surface area contributed by atoms with E-state index in [0.717, 1.165) is 27.5 Å². The van der Waals surface area contributed by atoms with Gasteiger partial charge in [0.05, 0.1) is 18.3 Å². The first kappa shape index (κ1) is 14.7. The summed E-state index contributed by atoms with van der Waals surface area (Å²) in [5.74, 6) is -0.311. The molecular weight excluding hydrogens is 326 g/mol. The fourth-order valence-corrected chi connectivity index (χ4v) is 2.82. The number of rotatable bonds is 2. The average molecular weight is 338 g/mol. The van der Waals surface area contributed by atoms with Gasteiger partial charge in [0.1, 0.15) is 5.58 Å². The molecule has 0 amide bonds. The van der Waals surface area contributed by atoms with Crippen molar-refractivity contribution in [3.05, 3.63) is 65.4 Å². The van der Waals surface area contributed by atoms with Crippen LogP contribution in [0.3, 0.4) is 0 Å². The summed E-state index contributed by atoms with van der Waals surface area (Å²) in [7, 11) is 1.32. The number of esters is 1. The van der Waals surface area contributed by atoms with Crippen molar-refractivity contribution < 1.29 is 13.9 Å². The van der Waals surface area contributed by atoms with E-state index in [1.54, 1.807) is 6.07 Å². The zero-order chi connectivity index (χ0) is 16.7. The Kier molecular flexibility index (Phi) is 3.47. The Bertz CT molecular complexity index is 1080. The van der Waals surface area contributed by atoms with E-state index in [9.17, 15) is 4.79 Å². The van der Waals surface area contributed by atoms with Crippen molar-refractivity contribution in [3.8, 4) is 11.3 Å². The highest BCUT2D eigenvalue weighted by Crippen LogP contribution is 2.28. The smallest absolute Gasteiger partial charge is 0.373 e. The molecule has 0 aliphatic heterocycles. The Labute approximate surface area is 142 Å². The largest absolute Gasteiger partial charge is 0.463 e. The highest BCUT2D eigenvalue weighted by Gasteiger charge is 2.13. The molecule has 118 valence electrons. The third-order valence-electron chi connectivity index (χ3n) is 3.85. The number of hydrogen-bond donors (Lipinski definition) is 0. The van der Waals surface area contributed by atoms with E-state index >= 15 is 0 Å². The van der Waals surface area contributed by atoms with Crippen LogP contribution in [0.5, 0.6) is 0 Å². The molecule has 0 unspecified atom stereocenters. The van der Waals surface area contributed by atoms with Crippen molar-refractivity contribution in [3.63, 3.8) is 0 Å². The third-order valence-corrected chi connectivity index (χ3v) is 4.09. The number of benzene rings is 2. The van der Waals surface area contributed by atoms with E-state index in [0.29, 0.717) is 10.6 Å². The standard InChI is InChI=1S/C19H12ClNO3/c1-23-19(22)18-9-13-8-12(4-7-17(13)24-18)15-6-3-11-2-5-14(20)10-16(11)21-15/h2-10H,1H3. The van der Waals surface area contributed by atoms with Crippen LogP contribution in [-0.4, -0.2) is 18.1 Å². The fraction of sp³-hybridized carbons (Fsp3) is 0.0526. The molecule has 2 aromatic heterocycles. The molecule has 5 heteroatoms. The molecule has 0 saturated carbocycles. The van der Waals surface area contributed by atoms with Crippen molar-refractivity contribution >= 4 is 39.4 Å². The summed E-state index contributed by atoms with van der Waals surface area (Å²) >= 11 is 6.05. The second-order valence-corrected chi connectivity index (χ2v) is 5.82. The van der Waals surface area contributed by atoms with Crippen LogP contribution in [0.2, 0.25) is 5.02 Å². The van der Waals surface area contributed by atoms with Crippen LogP contribution in [0.25, 0.3) is 33.1 Å². The van der Waals surface area contributed by atoms with Crippen molar-refractivity contribution in [1.29, 1.82) is 0 Å². The molecule has 2 heterocycles. The number of ether oxygens (including phenoxy) is 1. The van der Waals surface area contributed by atoms with Crippen LogP contribution >= 0.6 is 11.6 Å². The van der Waals surface area contributed by atoms with Crippen LogP contribution < -0.4 is 0 Å². The minimum absolute atomic E-state index is 0.183. The van der Waals surface area contributed by atoms with Gasteiger partial charge in [-0.15, -0.1) is 0 Å². The number of nitrogens with zero attached hydrogens (tertiary/aromatic N) is 1. The fourth-order valence-electron chi connectivity index (χ4n) is 2.65.